The Labute approximate surface area is 191 Å². The first-order valence-electron chi connectivity index (χ1n) is 10.4. The first-order chi connectivity index (χ1) is 15.7. The normalized spacial score (nSPS) is 16.0. The van der Waals surface area contributed by atoms with E-state index >= 15 is 0 Å². The number of hydrogen-bond donors (Lipinski definition) is 0. The van der Waals surface area contributed by atoms with Crippen molar-refractivity contribution in [3.8, 4) is 17.0 Å². The van der Waals surface area contributed by atoms with Crippen molar-refractivity contribution in [1.82, 2.24) is 14.4 Å². The lowest BCUT2D eigenvalue weighted by atomic mass is 10.1. The van der Waals surface area contributed by atoms with Crippen LogP contribution >= 0.6 is 0 Å². The van der Waals surface area contributed by atoms with Gasteiger partial charge in [-0.3, -0.25) is 9.69 Å². The molecule has 0 N–H and O–H groups in total. The Hall–Kier alpha value is -3.72. The molecule has 4 aromatic rings. The second kappa shape index (κ2) is 7.70. The van der Waals surface area contributed by atoms with Gasteiger partial charge in [-0.15, -0.1) is 0 Å². The number of benzene rings is 1. The lowest BCUT2D eigenvalue weighted by Crippen LogP contribution is -2.44. The van der Waals surface area contributed by atoms with Crippen molar-refractivity contribution in [2.24, 2.45) is 0 Å². The largest absolute Gasteiger partial charge is 0.477 e. The highest BCUT2D eigenvalue weighted by Crippen LogP contribution is 2.36. The van der Waals surface area contributed by atoms with Gasteiger partial charge in [0.2, 0.25) is 0 Å². The lowest BCUT2D eigenvalue weighted by Gasteiger charge is -2.32. The molecule has 0 saturated carbocycles. The van der Waals surface area contributed by atoms with Gasteiger partial charge in [-0.2, -0.15) is 0 Å². The molecule has 0 bridgehead atoms. The van der Waals surface area contributed by atoms with E-state index in [-0.39, 0.29) is 17.3 Å². The van der Waals surface area contributed by atoms with E-state index in [9.17, 15) is 13.2 Å². The Morgan fingerprint density at radius 1 is 1.06 bits per heavy atom. The molecule has 1 amide bonds. The molecule has 1 aromatic carbocycles. The van der Waals surface area contributed by atoms with Gasteiger partial charge in [0.15, 0.2) is 27.5 Å². The number of imidazole rings is 1. The van der Waals surface area contributed by atoms with Crippen LogP contribution in [-0.2, 0) is 21.2 Å². The molecule has 3 aromatic heterocycles. The number of anilines is 1. The van der Waals surface area contributed by atoms with E-state index in [4.69, 9.17) is 9.72 Å². The smallest absolute Gasteiger partial charge is 0.269 e. The van der Waals surface area contributed by atoms with Crippen molar-refractivity contribution < 1.29 is 17.9 Å². The highest BCUT2D eigenvalue weighted by Gasteiger charge is 2.34. The number of sulfone groups is 1. The molecule has 4 heterocycles. The number of amides is 1. The molecule has 9 heteroatoms. The zero-order valence-corrected chi connectivity index (χ0v) is 19.2. The zero-order chi connectivity index (χ0) is 23.3. The summed E-state index contributed by atoms with van der Waals surface area (Å²) in [6.45, 7) is 3.90. The molecule has 1 aliphatic rings. The van der Waals surface area contributed by atoms with Gasteiger partial charge in [-0.25, -0.2) is 18.4 Å². The van der Waals surface area contributed by atoms with Crippen LogP contribution in [0.3, 0.4) is 0 Å². The molecule has 5 rings (SSSR count). The molecule has 0 fully saturated rings. The van der Waals surface area contributed by atoms with Gasteiger partial charge in [0.1, 0.15) is 5.65 Å². The summed E-state index contributed by atoms with van der Waals surface area (Å²) < 4.78 is 31.8. The third kappa shape index (κ3) is 3.74. The first kappa shape index (κ1) is 21.1. The number of hydrogen-bond acceptors (Lipinski definition) is 6. The number of fused-ring (bicyclic) bond motifs is 2. The number of aryl methyl sites for hydroxylation is 1. The van der Waals surface area contributed by atoms with Gasteiger partial charge in [-0.05, 0) is 50.2 Å². The number of ether oxygens (including phenoxy) is 1. The number of rotatable bonds is 4. The molecule has 0 unspecified atom stereocenters. The van der Waals surface area contributed by atoms with Crippen LogP contribution in [0.25, 0.3) is 16.9 Å². The van der Waals surface area contributed by atoms with Gasteiger partial charge >= 0.3 is 0 Å². The molecular formula is C24H22N4O4S. The van der Waals surface area contributed by atoms with Crippen LogP contribution in [0, 0.1) is 6.92 Å². The van der Waals surface area contributed by atoms with Gasteiger partial charge in [-0.1, -0.05) is 18.2 Å². The minimum absolute atomic E-state index is 0.206. The Balaban J connectivity index is 1.60. The van der Waals surface area contributed by atoms with Crippen molar-refractivity contribution >= 4 is 27.2 Å². The summed E-state index contributed by atoms with van der Waals surface area (Å²) in [5.41, 5.74) is 3.69. The number of aromatic nitrogens is 3. The summed E-state index contributed by atoms with van der Waals surface area (Å²) in [5, 5.41) is 0. The predicted molar refractivity (Wildman–Crippen MR) is 124 cm³/mol. The highest BCUT2D eigenvalue weighted by atomic mass is 32.2. The van der Waals surface area contributed by atoms with E-state index in [0.717, 1.165) is 17.0 Å². The van der Waals surface area contributed by atoms with Crippen LogP contribution < -0.4 is 9.64 Å². The molecule has 0 aliphatic carbocycles. The van der Waals surface area contributed by atoms with Crippen LogP contribution in [0.2, 0.25) is 0 Å². The third-order valence-electron chi connectivity index (χ3n) is 5.71. The maximum atomic E-state index is 13.1. The lowest BCUT2D eigenvalue weighted by molar-refractivity contribution is -0.125. The minimum Gasteiger partial charge on any atom is -0.477 e. The van der Waals surface area contributed by atoms with E-state index in [1.54, 1.807) is 48.2 Å². The van der Waals surface area contributed by atoms with E-state index in [0.29, 0.717) is 22.8 Å². The fourth-order valence-electron chi connectivity index (χ4n) is 3.99. The quantitative estimate of drug-likeness (QED) is 0.461. The number of carbonyl (C=O) groups excluding carboxylic acids is 1. The molecule has 0 saturated heterocycles. The maximum absolute atomic E-state index is 13.1. The van der Waals surface area contributed by atoms with Crippen molar-refractivity contribution in [1.29, 1.82) is 0 Å². The maximum Gasteiger partial charge on any atom is 0.269 e. The summed E-state index contributed by atoms with van der Waals surface area (Å²) in [4.78, 5) is 24.3. The summed E-state index contributed by atoms with van der Waals surface area (Å²) in [5.74, 6) is 0.685. The van der Waals surface area contributed by atoms with Crippen LogP contribution in [-0.4, -0.2) is 41.1 Å². The van der Waals surface area contributed by atoms with Crippen molar-refractivity contribution in [2.45, 2.75) is 31.4 Å². The van der Waals surface area contributed by atoms with Crippen molar-refractivity contribution in [3.05, 3.63) is 72.2 Å². The zero-order valence-electron chi connectivity index (χ0n) is 18.4. The Kier molecular flexibility index (Phi) is 4.93. The fourth-order valence-corrected chi connectivity index (χ4v) is 4.66. The minimum atomic E-state index is -3.36. The average molecular weight is 463 g/mol. The molecule has 0 radical (unpaired) electrons. The molecular weight excluding hydrogens is 440 g/mol. The monoisotopic (exact) mass is 462 g/mol. The summed E-state index contributed by atoms with van der Waals surface area (Å²) in [6, 6.07) is 15.9. The van der Waals surface area contributed by atoms with Gasteiger partial charge in [0.05, 0.1) is 28.5 Å². The van der Waals surface area contributed by atoms with Gasteiger partial charge in [0.25, 0.3) is 5.91 Å². The second-order valence-corrected chi connectivity index (χ2v) is 10.1. The summed E-state index contributed by atoms with van der Waals surface area (Å²) in [7, 11) is -3.36. The topological polar surface area (TPSA) is 93.9 Å². The highest BCUT2D eigenvalue weighted by molar-refractivity contribution is 7.90. The molecule has 1 aliphatic heterocycles. The number of pyridine rings is 2. The van der Waals surface area contributed by atoms with E-state index in [1.165, 1.54) is 6.26 Å². The molecule has 8 nitrogen and oxygen atoms in total. The Bertz CT molecular complexity index is 1510. The number of nitrogens with zero attached hydrogens (tertiary/aromatic N) is 4. The summed E-state index contributed by atoms with van der Waals surface area (Å²) in [6.07, 6.45) is 2.43. The van der Waals surface area contributed by atoms with Crippen molar-refractivity contribution in [2.75, 3.05) is 11.2 Å². The van der Waals surface area contributed by atoms with Crippen LogP contribution in [0.4, 0.5) is 5.82 Å². The predicted octanol–water partition coefficient (Wildman–Crippen LogP) is 3.42. The first-order valence-corrected chi connectivity index (χ1v) is 12.3. The van der Waals surface area contributed by atoms with Crippen molar-refractivity contribution in [3.63, 3.8) is 0 Å². The van der Waals surface area contributed by atoms with Crippen LogP contribution in [0.15, 0.2) is 65.7 Å². The van der Waals surface area contributed by atoms with Gasteiger partial charge in [0, 0.05) is 18.0 Å². The van der Waals surface area contributed by atoms with E-state index in [1.807, 2.05) is 35.7 Å². The summed E-state index contributed by atoms with van der Waals surface area (Å²) >= 11 is 0. The molecule has 1 atom stereocenters. The van der Waals surface area contributed by atoms with E-state index < -0.39 is 15.9 Å². The second-order valence-electron chi connectivity index (χ2n) is 8.08. The standard InChI is InChI=1S/C24H22N4O4S/c1-15-20(27-12-5-4-9-22(27)25-15)14-28-23-21(32-16(2)24(28)29)11-10-19(26-23)17-7-6-8-18(13-17)33(3,30)31/h4-13,16H,14H2,1-3H3/t16-/m1/s1. The SMILES string of the molecule is Cc1nc2ccccn2c1CN1C(=O)[C@@H](C)Oc2ccc(-c3cccc(S(C)(=O)=O)c3)nc21. The molecule has 0 spiro atoms. The Morgan fingerprint density at radius 2 is 1.88 bits per heavy atom. The Morgan fingerprint density at radius 3 is 2.67 bits per heavy atom. The number of carbonyl (C=O) groups is 1. The van der Waals surface area contributed by atoms with Crippen LogP contribution in [0.5, 0.6) is 5.75 Å². The third-order valence-corrected chi connectivity index (χ3v) is 6.82. The van der Waals surface area contributed by atoms with E-state index in [2.05, 4.69) is 4.98 Å². The average Bonchev–Trinajstić information content (AvgIpc) is 3.11. The fraction of sp³-hybridized carbons (Fsp3) is 0.208. The molecule has 33 heavy (non-hydrogen) atoms. The van der Waals surface area contributed by atoms with Crippen LogP contribution in [0.1, 0.15) is 18.3 Å². The molecule has 168 valence electrons. The van der Waals surface area contributed by atoms with Gasteiger partial charge < -0.3 is 9.14 Å².